The van der Waals surface area contributed by atoms with E-state index in [1.54, 1.807) is 21.0 Å². The van der Waals surface area contributed by atoms with Crippen LogP contribution in [0.15, 0.2) is 0 Å². The molecule has 0 heterocycles. The molecule has 0 unspecified atom stereocenters. The molecule has 0 radical (unpaired) electrons. The summed E-state index contributed by atoms with van der Waals surface area (Å²) in [6.07, 6.45) is -2.63. The van der Waals surface area contributed by atoms with Crippen molar-refractivity contribution in [3.8, 4) is 0 Å². The van der Waals surface area contributed by atoms with E-state index in [4.69, 9.17) is 4.74 Å². The standard InChI is InChI=1S/C9H16F2O2/c1-6(2)13-9(10,11)7-4-8(5-7)12-3/h6-8H,4-5H2,1-3H3. The molecule has 78 valence electrons. The molecule has 0 N–H and O–H groups in total. The zero-order valence-electron chi connectivity index (χ0n) is 8.22. The summed E-state index contributed by atoms with van der Waals surface area (Å²) in [5, 5.41) is 0. The van der Waals surface area contributed by atoms with E-state index in [1.165, 1.54) is 0 Å². The van der Waals surface area contributed by atoms with Crippen LogP contribution in [0.25, 0.3) is 0 Å². The summed E-state index contributed by atoms with van der Waals surface area (Å²) in [6.45, 7) is 3.22. The van der Waals surface area contributed by atoms with Crippen LogP contribution in [0.5, 0.6) is 0 Å². The van der Waals surface area contributed by atoms with Crippen molar-refractivity contribution >= 4 is 0 Å². The van der Waals surface area contributed by atoms with E-state index >= 15 is 0 Å². The van der Waals surface area contributed by atoms with Crippen LogP contribution in [0.3, 0.4) is 0 Å². The topological polar surface area (TPSA) is 18.5 Å². The molecule has 0 bridgehead atoms. The van der Waals surface area contributed by atoms with E-state index in [0.29, 0.717) is 12.8 Å². The largest absolute Gasteiger partial charge is 0.381 e. The average molecular weight is 194 g/mol. The number of hydrogen-bond donors (Lipinski definition) is 0. The molecule has 0 aromatic carbocycles. The Morgan fingerprint density at radius 3 is 2.23 bits per heavy atom. The van der Waals surface area contributed by atoms with E-state index in [9.17, 15) is 8.78 Å². The van der Waals surface area contributed by atoms with Crippen molar-refractivity contribution in [1.29, 1.82) is 0 Å². The first kappa shape index (κ1) is 10.9. The third-order valence-electron chi connectivity index (χ3n) is 2.30. The monoisotopic (exact) mass is 194 g/mol. The second kappa shape index (κ2) is 3.88. The summed E-state index contributed by atoms with van der Waals surface area (Å²) in [7, 11) is 1.54. The normalized spacial score (nSPS) is 29.1. The minimum absolute atomic E-state index is 0.00774. The van der Waals surface area contributed by atoms with Gasteiger partial charge >= 0.3 is 6.11 Å². The van der Waals surface area contributed by atoms with Crippen molar-refractivity contribution < 1.29 is 18.3 Å². The summed E-state index contributed by atoms with van der Waals surface area (Å²) in [5.74, 6) is -0.667. The van der Waals surface area contributed by atoms with Crippen LogP contribution in [0, 0.1) is 5.92 Å². The predicted octanol–water partition coefficient (Wildman–Crippen LogP) is 2.43. The highest BCUT2D eigenvalue weighted by molar-refractivity contribution is 4.85. The number of halogens is 2. The summed E-state index contributed by atoms with van der Waals surface area (Å²) < 4.78 is 35.8. The maximum absolute atomic E-state index is 13.2. The molecule has 2 nitrogen and oxygen atoms in total. The fourth-order valence-electron chi connectivity index (χ4n) is 1.44. The molecule has 1 fully saturated rings. The fourth-order valence-corrected chi connectivity index (χ4v) is 1.44. The van der Waals surface area contributed by atoms with Gasteiger partial charge in [0.25, 0.3) is 0 Å². The van der Waals surface area contributed by atoms with E-state index in [-0.39, 0.29) is 6.10 Å². The van der Waals surface area contributed by atoms with Crippen molar-refractivity contribution in [3.63, 3.8) is 0 Å². The Labute approximate surface area is 77.2 Å². The Kier molecular flexibility index (Phi) is 3.24. The first-order chi connectivity index (χ1) is 5.95. The molecule has 1 saturated carbocycles. The molecule has 0 aliphatic heterocycles. The van der Waals surface area contributed by atoms with Crippen molar-refractivity contribution in [1.82, 2.24) is 0 Å². The van der Waals surface area contributed by atoms with Crippen LogP contribution < -0.4 is 0 Å². The third kappa shape index (κ3) is 2.61. The molecule has 0 atom stereocenters. The van der Waals surface area contributed by atoms with Gasteiger partial charge in [-0.3, -0.25) is 0 Å². The lowest BCUT2D eigenvalue weighted by Gasteiger charge is -2.39. The van der Waals surface area contributed by atoms with Crippen LogP contribution in [-0.4, -0.2) is 25.4 Å². The second-order valence-electron chi connectivity index (χ2n) is 3.75. The number of alkyl halides is 2. The first-order valence-electron chi connectivity index (χ1n) is 4.54. The van der Waals surface area contributed by atoms with E-state index < -0.39 is 18.1 Å². The highest BCUT2D eigenvalue weighted by Crippen LogP contribution is 2.42. The molecular formula is C9H16F2O2. The third-order valence-corrected chi connectivity index (χ3v) is 2.30. The number of ether oxygens (including phenoxy) is 2. The molecule has 1 aliphatic rings. The molecule has 0 aromatic heterocycles. The lowest BCUT2D eigenvalue weighted by atomic mass is 9.81. The fraction of sp³-hybridized carbons (Fsp3) is 1.00. The summed E-state index contributed by atoms with van der Waals surface area (Å²) in [5.41, 5.74) is 0. The highest BCUT2D eigenvalue weighted by Gasteiger charge is 2.49. The summed E-state index contributed by atoms with van der Waals surface area (Å²) in [4.78, 5) is 0. The Bertz CT molecular complexity index is 165. The van der Waals surface area contributed by atoms with Crippen LogP contribution in [0.2, 0.25) is 0 Å². The summed E-state index contributed by atoms with van der Waals surface area (Å²) in [6, 6.07) is 0. The number of rotatable bonds is 4. The Morgan fingerprint density at radius 2 is 1.85 bits per heavy atom. The maximum Gasteiger partial charge on any atom is 0.358 e. The van der Waals surface area contributed by atoms with Crippen molar-refractivity contribution in [2.75, 3.05) is 7.11 Å². The smallest absolute Gasteiger partial charge is 0.358 e. The zero-order valence-corrected chi connectivity index (χ0v) is 8.22. The summed E-state index contributed by atoms with van der Waals surface area (Å²) >= 11 is 0. The van der Waals surface area contributed by atoms with E-state index in [0.717, 1.165) is 0 Å². The van der Waals surface area contributed by atoms with Gasteiger partial charge in [-0.1, -0.05) is 0 Å². The molecule has 0 saturated heterocycles. The zero-order chi connectivity index (χ0) is 10.1. The molecular weight excluding hydrogens is 178 g/mol. The number of methoxy groups -OCH3 is 1. The molecule has 0 aromatic rings. The van der Waals surface area contributed by atoms with Crippen molar-refractivity contribution in [2.24, 2.45) is 5.92 Å². The second-order valence-corrected chi connectivity index (χ2v) is 3.75. The molecule has 4 heteroatoms. The minimum atomic E-state index is -2.98. The molecule has 1 aliphatic carbocycles. The van der Waals surface area contributed by atoms with Gasteiger partial charge in [0.15, 0.2) is 0 Å². The quantitative estimate of drug-likeness (QED) is 0.684. The maximum atomic E-state index is 13.2. The Morgan fingerprint density at radius 1 is 1.31 bits per heavy atom. The Hall–Kier alpha value is -0.220. The highest BCUT2D eigenvalue weighted by atomic mass is 19.3. The van der Waals surface area contributed by atoms with E-state index in [1.807, 2.05) is 0 Å². The molecule has 0 amide bonds. The van der Waals surface area contributed by atoms with Crippen LogP contribution in [-0.2, 0) is 9.47 Å². The lowest BCUT2D eigenvalue weighted by molar-refractivity contribution is -0.309. The average Bonchev–Trinajstić information content (AvgIpc) is 1.79. The van der Waals surface area contributed by atoms with Crippen molar-refractivity contribution in [2.45, 2.75) is 45.0 Å². The molecule has 1 rings (SSSR count). The van der Waals surface area contributed by atoms with E-state index in [2.05, 4.69) is 4.74 Å². The van der Waals surface area contributed by atoms with Gasteiger partial charge in [-0.05, 0) is 26.7 Å². The van der Waals surface area contributed by atoms with Gasteiger partial charge in [0.2, 0.25) is 0 Å². The molecule has 13 heavy (non-hydrogen) atoms. The van der Waals surface area contributed by atoms with Gasteiger partial charge in [-0.25, -0.2) is 0 Å². The first-order valence-corrected chi connectivity index (χ1v) is 4.54. The van der Waals surface area contributed by atoms with Crippen LogP contribution in [0.1, 0.15) is 26.7 Å². The lowest BCUT2D eigenvalue weighted by Crippen LogP contribution is -2.44. The SMILES string of the molecule is COC1CC(C(F)(F)OC(C)C)C1. The van der Waals surface area contributed by atoms with Crippen LogP contribution >= 0.6 is 0 Å². The predicted molar refractivity (Wildman–Crippen MR) is 44.7 cm³/mol. The van der Waals surface area contributed by atoms with Gasteiger partial charge in [0.05, 0.1) is 18.1 Å². The van der Waals surface area contributed by atoms with Gasteiger partial charge in [0, 0.05) is 7.11 Å². The van der Waals surface area contributed by atoms with Gasteiger partial charge < -0.3 is 9.47 Å². The van der Waals surface area contributed by atoms with Gasteiger partial charge in [-0.15, -0.1) is 0 Å². The minimum Gasteiger partial charge on any atom is -0.381 e. The van der Waals surface area contributed by atoms with Gasteiger partial charge in [-0.2, -0.15) is 8.78 Å². The Balaban J connectivity index is 2.35. The molecule has 0 spiro atoms. The van der Waals surface area contributed by atoms with Crippen molar-refractivity contribution in [3.05, 3.63) is 0 Å². The van der Waals surface area contributed by atoms with Gasteiger partial charge in [0.1, 0.15) is 0 Å². The van der Waals surface area contributed by atoms with Crippen LogP contribution in [0.4, 0.5) is 8.78 Å². The number of hydrogen-bond acceptors (Lipinski definition) is 2.